The fourth-order valence-electron chi connectivity index (χ4n) is 3.16. The van der Waals surface area contributed by atoms with Crippen molar-refractivity contribution in [3.8, 4) is 0 Å². The Labute approximate surface area is 151 Å². The number of urea groups is 1. The van der Waals surface area contributed by atoms with Crippen molar-refractivity contribution in [1.29, 1.82) is 0 Å². The summed E-state index contributed by atoms with van der Waals surface area (Å²) in [4.78, 5) is 14.4. The van der Waals surface area contributed by atoms with E-state index in [1.807, 2.05) is 18.7 Å². The first-order valence-electron chi connectivity index (χ1n) is 9.00. The number of nitrogens with zero attached hydrogens (tertiary/aromatic N) is 2. The lowest BCUT2D eigenvalue weighted by Crippen LogP contribution is -2.44. The molecule has 25 heavy (non-hydrogen) atoms. The monoisotopic (exact) mass is 367 g/mol. The molecule has 1 aliphatic rings. The lowest BCUT2D eigenvalue weighted by Gasteiger charge is -2.30. The van der Waals surface area contributed by atoms with Gasteiger partial charge in [-0.05, 0) is 36.5 Å². The standard InChI is InChI=1S/C18H29N3O3S/c1-4-21(5-2)25(23,24)17-10-8-16(9-11-17)13-19-18(22)20-12-6-7-15(3)14-20/h8-11,15H,4-7,12-14H2,1-3H3,(H,19,22)/t15-/m0/s1. The molecule has 0 bridgehead atoms. The SMILES string of the molecule is CCN(CC)S(=O)(=O)c1ccc(CNC(=O)N2CCC[C@H](C)C2)cc1. The van der Waals surface area contributed by atoms with E-state index < -0.39 is 10.0 Å². The van der Waals surface area contributed by atoms with E-state index in [2.05, 4.69) is 12.2 Å². The van der Waals surface area contributed by atoms with Gasteiger partial charge in [0.2, 0.25) is 10.0 Å². The summed E-state index contributed by atoms with van der Waals surface area (Å²) in [5.41, 5.74) is 0.886. The number of sulfonamides is 1. The first kappa shape index (κ1) is 19.7. The van der Waals surface area contributed by atoms with Crippen LogP contribution in [0.25, 0.3) is 0 Å². The largest absolute Gasteiger partial charge is 0.334 e. The molecule has 7 heteroatoms. The van der Waals surface area contributed by atoms with Gasteiger partial charge in [0.25, 0.3) is 0 Å². The van der Waals surface area contributed by atoms with Crippen LogP contribution in [0.15, 0.2) is 29.2 Å². The smallest absolute Gasteiger partial charge is 0.317 e. The number of amides is 2. The number of carbonyl (C=O) groups excluding carboxylic acids is 1. The number of hydrogen-bond acceptors (Lipinski definition) is 3. The second-order valence-electron chi connectivity index (χ2n) is 6.59. The van der Waals surface area contributed by atoms with Gasteiger partial charge in [0.15, 0.2) is 0 Å². The summed E-state index contributed by atoms with van der Waals surface area (Å²) in [7, 11) is -3.43. The highest BCUT2D eigenvalue weighted by Crippen LogP contribution is 2.17. The Kier molecular flexibility index (Phi) is 6.84. The second kappa shape index (κ2) is 8.67. The quantitative estimate of drug-likeness (QED) is 0.840. The van der Waals surface area contributed by atoms with Gasteiger partial charge in [0.1, 0.15) is 0 Å². The molecule has 1 heterocycles. The zero-order chi connectivity index (χ0) is 18.4. The molecule has 2 rings (SSSR count). The molecular formula is C18H29N3O3S. The highest BCUT2D eigenvalue weighted by atomic mass is 32.2. The average molecular weight is 368 g/mol. The molecular weight excluding hydrogens is 338 g/mol. The Hall–Kier alpha value is -1.60. The van der Waals surface area contributed by atoms with Crippen molar-refractivity contribution in [1.82, 2.24) is 14.5 Å². The van der Waals surface area contributed by atoms with Crippen LogP contribution in [0.2, 0.25) is 0 Å². The minimum atomic E-state index is -3.43. The summed E-state index contributed by atoms with van der Waals surface area (Å²) in [6.07, 6.45) is 2.22. The Balaban J connectivity index is 1.95. The first-order valence-corrected chi connectivity index (χ1v) is 10.4. The predicted molar refractivity (Wildman–Crippen MR) is 98.8 cm³/mol. The zero-order valence-corrected chi connectivity index (χ0v) is 16.2. The Morgan fingerprint density at radius 3 is 2.44 bits per heavy atom. The molecule has 6 nitrogen and oxygen atoms in total. The van der Waals surface area contributed by atoms with Crippen LogP contribution in [0.1, 0.15) is 39.2 Å². The van der Waals surface area contributed by atoms with Crippen LogP contribution in [0, 0.1) is 5.92 Å². The van der Waals surface area contributed by atoms with Gasteiger partial charge in [-0.1, -0.05) is 32.9 Å². The number of piperidine rings is 1. The van der Waals surface area contributed by atoms with Crippen molar-refractivity contribution in [2.45, 2.75) is 45.1 Å². The van der Waals surface area contributed by atoms with Gasteiger partial charge in [-0.3, -0.25) is 0 Å². The molecule has 1 saturated heterocycles. The van der Waals surface area contributed by atoms with Crippen LogP contribution in [0.4, 0.5) is 4.79 Å². The van der Waals surface area contributed by atoms with Gasteiger partial charge in [0, 0.05) is 32.7 Å². The van der Waals surface area contributed by atoms with Crippen LogP contribution in [-0.2, 0) is 16.6 Å². The van der Waals surface area contributed by atoms with Crippen LogP contribution >= 0.6 is 0 Å². The molecule has 0 aliphatic carbocycles. The fourth-order valence-corrected chi connectivity index (χ4v) is 4.61. The number of nitrogens with one attached hydrogen (secondary N) is 1. The maximum absolute atomic E-state index is 12.5. The van der Waals surface area contributed by atoms with Crippen molar-refractivity contribution in [3.63, 3.8) is 0 Å². The molecule has 0 radical (unpaired) electrons. The van der Waals surface area contributed by atoms with E-state index in [-0.39, 0.29) is 10.9 Å². The van der Waals surface area contributed by atoms with E-state index in [1.54, 1.807) is 24.3 Å². The lowest BCUT2D eigenvalue weighted by atomic mass is 10.0. The van der Waals surface area contributed by atoms with Crippen LogP contribution in [0.3, 0.4) is 0 Å². The number of carbonyl (C=O) groups is 1. The number of rotatable bonds is 6. The minimum Gasteiger partial charge on any atom is -0.334 e. The van der Waals surface area contributed by atoms with Gasteiger partial charge in [-0.2, -0.15) is 4.31 Å². The molecule has 0 spiro atoms. The molecule has 0 unspecified atom stereocenters. The van der Waals surface area contributed by atoms with E-state index in [1.165, 1.54) is 10.7 Å². The summed E-state index contributed by atoms with van der Waals surface area (Å²) in [6.45, 7) is 8.71. The van der Waals surface area contributed by atoms with Gasteiger partial charge in [-0.15, -0.1) is 0 Å². The molecule has 140 valence electrons. The molecule has 1 atom stereocenters. The highest BCUT2D eigenvalue weighted by molar-refractivity contribution is 7.89. The van der Waals surface area contributed by atoms with Crippen molar-refractivity contribution in [2.24, 2.45) is 5.92 Å². The maximum atomic E-state index is 12.5. The second-order valence-corrected chi connectivity index (χ2v) is 8.52. The Morgan fingerprint density at radius 1 is 1.24 bits per heavy atom. The maximum Gasteiger partial charge on any atom is 0.317 e. The van der Waals surface area contributed by atoms with Gasteiger partial charge < -0.3 is 10.2 Å². The Bertz CT molecular complexity index is 669. The summed E-state index contributed by atoms with van der Waals surface area (Å²) >= 11 is 0. The molecule has 1 aliphatic heterocycles. The first-order chi connectivity index (χ1) is 11.9. The van der Waals surface area contributed by atoms with E-state index in [4.69, 9.17) is 0 Å². The molecule has 0 saturated carbocycles. The number of hydrogen-bond donors (Lipinski definition) is 1. The third kappa shape index (κ3) is 4.95. The third-order valence-corrected chi connectivity index (χ3v) is 6.72. The number of benzene rings is 1. The summed E-state index contributed by atoms with van der Waals surface area (Å²) in [5.74, 6) is 0.545. The molecule has 1 aromatic carbocycles. The summed E-state index contributed by atoms with van der Waals surface area (Å²) in [5, 5.41) is 2.92. The topological polar surface area (TPSA) is 69.7 Å². The van der Waals surface area contributed by atoms with Crippen LogP contribution < -0.4 is 5.32 Å². The summed E-state index contributed by atoms with van der Waals surface area (Å²) in [6, 6.07) is 6.69. The summed E-state index contributed by atoms with van der Waals surface area (Å²) < 4.78 is 26.3. The predicted octanol–water partition coefficient (Wildman–Crippen LogP) is 2.66. The van der Waals surface area contributed by atoms with Gasteiger partial charge in [-0.25, -0.2) is 13.2 Å². The molecule has 2 amide bonds. The third-order valence-electron chi connectivity index (χ3n) is 4.65. The minimum absolute atomic E-state index is 0.0496. The highest BCUT2D eigenvalue weighted by Gasteiger charge is 2.22. The molecule has 1 N–H and O–H groups in total. The van der Waals surface area contributed by atoms with E-state index in [9.17, 15) is 13.2 Å². The average Bonchev–Trinajstić information content (AvgIpc) is 2.61. The van der Waals surface area contributed by atoms with Crippen molar-refractivity contribution >= 4 is 16.1 Å². The zero-order valence-electron chi connectivity index (χ0n) is 15.4. The van der Waals surface area contributed by atoms with E-state index in [0.29, 0.717) is 25.6 Å². The normalized spacial score (nSPS) is 18.4. The van der Waals surface area contributed by atoms with Crippen molar-refractivity contribution in [2.75, 3.05) is 26.2 Å². The Morgan fingerprint density at radius 2 is 1.88 bits per heavy atom. The molecule has 0 aromatic heterocycles. The van der Waals surface area contributed by atoms with Crippen LogP contribution in [-0.4, -0.2) is 49.8 Å². The fraction of sp³-hybridized carbons (Fsp3) is 0.611. The van der Waals surface area contributed by atoms with Crippen molar-refractivity contribution in [3.05, 3.63) is 29.8 Å². The van der Waals surface area contributed by atoms with Gasteiger partial charge >= 0.3 is 6.03 Å². The van der Waals surface area contributed by atoms with E-state index in [0.717, 1.165) is 25.1 Å². The number of likely N-dealkylation sites (tertiary alicyclic amines) is 1. The molecule has 1 fully saturated rings. The van der Waals surface area contributed by atoms with Crippen LogP contribution in [0.5, 0.6) is 0 Å². The van der Waals surface area contributed by atoms with Crippen molar-refractivity contribution < 1.29 is 13.2 Å². The van der Waals surface area contributed by atoms with Gasteiger partial charge in [0.05, 0.1) is 4.90 Å². The molecule has 1 aromatic rings. The lowest BCUT2D eigenvalue weighted by molar-refractivity contribution is 0.169. The van der Waals surface area contributed by atoms with E-state index >= 15 is 0 Å².